The van der Waals surface area contributed by atoms with E-state index in [0.29, 0.717) is 6.54 Å². The number of primary amides is 1. The number of carbonyl (C=O) groups excluding carboxylic acids is 2. The largest absolute Gasteiger partial charge is 0.369 e. The van der Waals surface area contributed by atoms with Crippen LogP contribution in [0, 0.1) is 5.92 Å². The van der Waals surface area contributed by atoms with E-state index in [1.165, 1.54) is 0 Å². The van der Waals surface area contributed by atoms with Crippen molar-refractivity contribution in [2.24, 2.45) is 11.7 Å². The highest BCUT2D eigenvalue weighted by Crippen LogP contribution is 2.25. The molecule has 1 aliphatic heterocycles. The van der Waals surface area contributed by atoms with Crippen molar-refractivity contribution in [2.45, 2.75) is 25.8 Å². The average molecular weight is 310 g/mol. The van der Waals surface area contributed by atoms with Crippen molar-refractivity contribution >= 4 is 23.2 Å². The number of hydrogen-bond acceptors (Lipinski definition) is 5. The van der Waals surface area contributed by atoms with Crippen LogP contribution in [0.25, 0.3) is 0 Å². The maximum absolute atomic E-state index is 12.6. The molecule has 2 N–H and O–H groups in total. The van der Waals surface area contributed by atoms with Gasteiger partial charge in [-0.3, -0.25) is 14.5 Å². The minimum absolute atomic E-state index is 0.0241. The molecule has 7 heteroatoms. The fourth-order valence-electron chi connectivity index (χ4n) is 2.71. The second-order valence-corrected chi connectivity index (χ2v) is 6.46. The van der Waals surface area contributed by atoms with Crippen LogP contribution in [-0.2, 0) is 9.59 Å². The SMILES string of the molecule is CC(c1nccs1)N(C)C(=O)C1CCCN(CC(N)=O)C1. The first-order chi connectivity index (χ1) is 9.99. The molecule has 2 atom stereocenters. The van der Waals surface area contributed by atoms with E-state index in [1.54, 1.807) is 22.4 Å². The van der Waals surface area contributed by atoms with Gasteiger partial charge in [-0.05, 0) is 26.3 Å². The van der Waals surface area contributed by atoms with Gasteiger partial charge < -0.3 is 10.6 Å². The van der Waals surface area contributed by atoms with Crippen molar-refractivity contribution in [1.82, 2.24) is 14.8 Å². The third-order valence-electron chi connectivity index (χ3n) is 3.97. The molecule has 6 nitrogen and oxygen atoms in total. The molecular formula is C14H22N4O2S. The van der Waals surface area contributed by atoms with Crippen LogP contribution in [0.2, 0.25) is 0 Å². The summed E-state index contributed by atoms with van der Waals surface area (Å²) in [6.07, 6.45) is 3.54. The summed E-state index contributed by atoms with van der Waals surface area (Å²) in [4.78, 5) is 31.6. The number of carbonyl (C=O) groups is 2. The van der Waals surface area contributed by atoms with Gasteiger partial charge >= 0.3 is 0 Å². The van der Waals surface area contributed by atoms with Gasteiger partial charge in [-0.2, -0.15) is 0 Å². The molecule has 2 heterocycles. The summed E-state index contributed by atoms with van der Waals surface area (Å²) in [5, 5.41) is 2.86. The summed E-state index contributed by atoms with van der Waals surface area (Å²) in [6.45, 7) is 3.66. The predicted octanol–water partition coefficient (Wildman–Crippen LogP) is 0.860. The van der Waals surface area contributed by atoms with Crippen LogP contribution in [0.15, 0.2) is 11.6 Å². The number of piperidine rings is 1. The summed E-state index contributed by atoms with van der Waals surface area (Å²) in [6, 6.07) is -0.0241. The van der Waals surface area contributed by atoms with Crippen LogP contribution in [-0.4, -0.2) is 53.3 Å². The molecule has 21 heavy (non-hydrogen) atoms. The zero-order chi connectivity index (χ0) is 15.4. The van der Waals surface area contributed by atoms with Crippen molar-refractivity contribution < 1.29 is 9.59 Å². The summed E-state index contributed by atoms with van der Waals surface area (Å²) < 4.78 is 0. The molecule has 2 rings (SSSR count). The smallest absolute Gasteiger partial charge is 0.231 e. The molecular weight excluding hydrogens is 288 g/mol. The second kappa shape index (κ2) is 7.00. The number of rotatable bonds is 5. The first kappa shape index (κ1) is 15.9. The minimum Gasteiger partial charge on any atom is -0.369 e. The van der Waals surface area contributed by atoms with E-state index < -0.39 is 0 Å². The van der Waals surface area contributed by atoms with Crippen LogP contribution < -0.4 is 5.73 Å². The zero-order valence-electron chi connectivity index (χ0n) is 12.5. The van der Waals surface area contributed by atoms with Gasteiger partial charge in [-0.1, -0.05) is 0 Å². The monoisotopic (exact) mass is 310 g/mol. The van der Waals surface area contributed by atoms with Crippen molar-refractivity contribution in [1.29, 1.82) is 0 Å². The fraction of sp³-hybridized carbons (Fsp3) is 0.643. The van der Waals surface area contributed by atoms with Gasteiger partial charge in [0.1, 0.15) is 5.01 Å². The highest BCUT2D eigenvalue weighted by Gasteiger charge is 2.30. The maximum Gasteiger partial charge on any atom is 0.231 e. The third-order valence-corrected chi connectivity index (χ3v) is 4.92. The Morgan fingerprint density at radius 2 is 2.38 bits per heavy atom. The molecule has 0 aromatic carbocycles. The highest BCUT2D eigenvalue weighted by atomic mass is 32.1. The molecule has 2 unspecified atom stereocenters. The van der Waals surface area contributed by atoms with Crippen molar-refractivity contribution in [3.05, 3.63) is 16.6 Å². The lowest BCUT2D eigenvalue weighted by Gasteiger charge is -2.34. The summed E-state index contributed by atoms with van der Waals surface area (Å²) >= 11 is 1.56. The Balaban J connectivity index is 1.96. The van der Waals surface area contributed by atoms with E-state index in [0.717, 1.165) is 24.4 Å². The molecule has 0 bridgehead atoms. The molecule has 0 spiro atoms. The molecule has 1 fully saturated rings. The van der Waals surface area contributed by atoms with E-state index >= 15 is 0 Å². The van der Waals surface area contributed by atoms with E-state index in [-0.39, 0.29) is 30.3 Å². The van der Waals surface area contributed by atoms with Crippen LogP contribution in [0.1, 0.15) is 30.8 Å². The Morgan fingerprint density at radius 1 is 1.62 bits per heavy atom. The molecule has 1 saturated heterocycles. The van der Waals surface area contributed by atoms with E-state index in [1.807, 2.05) is 24.3 Å². The fourth-order valence-corrected chi connectivity index (χ4v) is 3.44. The number of hydrogen-bond donors (Lipinski definition) is 1. The number of nitrogens with zero attached hydrogens (tertiary/aromatic N) is 3. The Kier molecular flexibility index (Phi) is 5.30. The first-order valence-corrected chi connectivity index (χ1v) is 8.03. The van der Waals surface area contributed by atoms with Gasteiger partial charge in [0.2, 0.25) is 11.8 Å². The summed E-state index contributed by atoms with van der Waals surface area (Å²) in [5.41, 5.74) is 5.23. The van der Waals surface area contributed by atoms with Gasteiger partial charge in [-0.15, -0.1) is 11.3 Å². The standard InChI is InChI=1S/C14H22N4O2S/c1-10(13-16-5-7-21-13)17(2)14(20)11-4-3-6-18(8-11)9-12(15)19/h5,7,10-11H,3-4,6,8-9H2,1-2H3,(H2,15,19). The lowest BCUT2D eigenvalue weighted by molar-refractivity contribution is -0.138. The molecule has 1 aliphatic rings. The van der Waals surface area contributed by atoms with Gasteiger partial charge in [0.15, 0.2) is 0 Å². The molecule has 1 aromatic heterocycles. The van der Waals surface area contributed by atoms with Gasteiger partial charge in [0, 0.05) is 25.2 Å². The number of amides is 2. The molecule has 0 saturated carbocycles. The van der Waals surface area contributed by atoms with Crippen LogP contribution in [0.4, 0.5) is 0 Å². The minimum atomic E-state index is -0.340. The number of aromatic nitrogens is 1. The van der Waals surface area contributed by atoms with Crippen LogP contribution in [0.3, 0.4) is 0 Å². The quantitative estimate of drug-likeness (QED) is 0.875. The number of nitrogens with two attached hydrogens (primary N) is 1. The van der Waals surface area contributed by atoms with Gasteiger partial charge in [0.05, 0.1) is 18.5 Å². The Morgan fingerprint density at radius 3 is 3.00 bits per heavy atom. The Bertz CT molecular complexity index is 491. The number of likely N-dealkylation sites (tertiary alicyclic amines) is 1. The van der Waals surface area contributed by atoms with Crippen LogP contribution in [0.5, 0.6) is 0 Å². The average Bonchev–Trinajstić information content (AvgIpc) is 2.98. The topological polar surface area (TPSA) is 79.5 Å². The maximum atomic E-state index is 12.6. The van der Waals surface area contributed by atoms with Gasteiger partial charge in [0.25, 0.3) is 0 Å². The lowest BCUT2D eigenvalue weighted by Crippen LogP contribution is -2.46. The zero-order valence-corrected chi connectivity index (χ0v) is 13.3. The van der Waals surface area contributed by atoms with Crippen LogP contribution >= 0.6 is 11.3 Å². The van der Waals surface area contributed by atoms with E-state index in [9.17, 15) is 9.59 Å². The normalized spacial score (nSPS) is 21.0. The van der Waals surface area contributed by atoms with Gasteiger partial charge in [-0.25, -0.2) is 4.98 Å². The molecule has 0 aliphatic carbocycles. The lowest BCUT2D eigenvalue weighted by atomic mass is 9.96. The Hall–Kier alpha value is -1.47. The molecule has 116 valence electrons. The summed E-state index contributed by atoms with van der Waals surface area (Å²) in [5.74, 6) is -0.287. The third kappa shape index (κ3) is 4.01. The Labute approximate surface area is 128 Å². The first-order valence-electron chi connectivity index (χ1n) is 7.15. The van der Waals surface area contributed by atoms with Crippen molar-refractivity contribution in [3.8, 4) is 0 Å². The molecule has 2 amide bonds. The number of thiazole rings is 1. The van der Waals surface area contributed by atoms with E-state index in [2.05, 4.69) is 4.98 Å². The predicted molar refractivity (Wildman–Crippen MR) is 81.7 cm³/mol. The highest BCUT2D eigenvalue weighted by molar-refractivity contribution is 7.09. The molecule has 0 radical (unpaired) electrons. The van der Waals surface area contributed by atoms with Crippen molar-refractivity contribution in [3.63, 3.8) is 0 Å². The van der Waals surface area contributed by atoms with E-state index in [4.69, 9.17) is 5.73 Å². The second-order valence-electron chi connectivity index (χ2n) is 5.54. The van der Waals surface area contributed by atoms with Crippen molar-refractivity contribution in [2.75, 3.05) is 26.7 Å². The molecule has 1 aromatic rings. The summed E-state index contributed by atoms with van der Waals surface area (Å²) in [7, 11) is 1.82.